The summed E-state index contributed by atoms with van der Waals surface area (Å²) in [6.45, 7) is 0. The molecule has 0 unspecified atom stereocenters. The summed E-state index contributed by atoms with van der Waals surface area (Å²) in [6, 6.07) is 102. The van der Waals surface area contributed by atoms with E-state index in [4.69, 9.17) is 9.97 Å². The highest BCUT2D eigenvalue weighted by molar-refractivity contribution is 6.26. The number of benzene rings is 11. The Morgan fingerprint density at radius 2 is 0.479 bits per heavy atom. The number of hydrogen-bond acceptors (Lipinski definition) is 2. The molecular formula is C70H47N3. The van der Waals surface area contributed by atoms with E-state index in [1.54, 1.807) is 0 Å². The largest absolute Gasteiger partial charge is 0.307 e. The summed E-state index contributed by atoms with van der Waals surface area (Å²) in [5.74, 6) is 0.649. The molecule has 0 N–H and O–H groups in total. The number of nitrogens with zero attached hydrogens (tertiary/aromatic N) is 3. The zero-order chi connectivity index (χ0) is 48.5. The van der Waals surface area contributed by atoms with Gasteiger partial charge in [-0.15, -0.1) is 0 Å². The third-order valence-electron chi connectivity index (χ3n) is 14.0. The molecule has 3 heteroatoms. The molecule has 0 saturated carbocycles. The zero-order valence-corrected chi connectivity index (χ0v) is 40.0. The Kier molecular flexibility index (Phi) is 11.2. The van der Waals surface area contributed by atoms with Crippen LogP contribution in [0.25, 0.3) is 128 Å². The van der Waals surface area contributed by atoms with Crippen LogP contribution in [-0.4, -0.2) is 14.5 Å². The van der Waals surface area contributed by atoms with Crippen LogP contribution in [0.2, 0.25) is 0 Å². The number of rotatable bonds is 10. The van der Waals surface area contributed by atoms with Crippen molar-refractivity contribution in [3.63, 3.8) is 0 Å². The average Bonchev–Trinajstić information content (AvgIpc) is 3.84. The van der Waals surface area contributed by atoms with Crippen molar-refractivity contribution in [2.45, 2.75) is 0 Å². The molecule has 0 amide bonds. The van der Waals surface area contributed by atoms with Crippen LogP contribution in [0.3, 0.4) is 0 Å². The van der Waals surface area contributed by atoms with E-state index in [2.05, 4.69) is 278 Å². The first-order chi connectivity index (χ1) is 36.2. The maximum absolute atomic E-state index is 5.44. The van der Waals surface area contributed by atoms with Gasteiger partial charge in [0.15, 0.2) is 5.82 Å². The minimum atomic E-state index is 0.649. The smallest absolute Gasteiger partial charge is 0.160 e. The molecule has 13 aromatic rings. The minimum Gasteiger partial charge on any atom is -0.307 e. The van der Waals surface area contributed by atoms with Crippen molar-refractivity contribution in [3.05, 3.63) is 285 Å². The number of hydrogen-bond donors (Lipinski definition) is 0. The van der Waals surface area contributed by atoms with Crippen LogP contribution < -0.4 is 0 Å². The van der Waals surface area contributed by atoms with Crippen LogP contribution in [0, 0.1) is 0 Å². The highest BCUT2D eigenvalue weighted by atomic mass is 15.0. The van der Waals surface area contributed by atoms with Crippen LogP contribution in [0.4, 0.5) is 0 Å². The lowest BCUT2D eigenvalue weighted by Crippen LogP contribution is -2.04. The molecule has 0 saturated heterocycles. The van der Waals surface area contributed by atoms with Crippen molar-refractivity contribution in [2.75, 3.05) is 0 Å². The molecule has 11 aromatic carbocycles. The molecule has 0 atom stereocenters. The number of aromatic nitrogens is 3. The summed E-state index contributed by atoms with van der Waals surface area (Å²) < 4.78 is 2.62. The highest BCUT2D eigenvalue weighted by Crippen LogP contribution is 2.52. The van der Waals surface area contributed by atoms with Gasteiger partial charge in [-0.3, -0.25) is 0 Å². The van der Waals surface area contributed by atoms with Gasteiger partial charge in [0.05, 0.1) is 28.1 Å². The van der Waals surface area contributed by atoms with Crippen LogP contribution >= 0.6 is 0 Å². The SMILES string of the molecule is c1ccc(-c2cc(-c3ccccc3)nc(-c3cc(-c4ccccc4)c(-n4c5c(-c6ccccc6)ccc(-c6ccccc6)c5c5c(-c6ccccc6)ccc(-c6ccccc6)c54)c(-c4ccccc4)c3)n2)cc1. The number of fused-ring (bicyclic) bond motifs is 3. The van der Waals surface area contributed by atoms with E-state index >= 15 is 0 Å². The lowest BCUT2D eigenvalue weighted by atomic mass is 9.90. The first-order valence-corrected chi connectivity index (χ1v) is 24.9. The summed E-state index contributed by atoms with van der Waals surface area (Å²) in [4.78, 5) is 10.9. The Labute approximate surface area is 425 Å². The second kappa shape index (κ2) is 18.9. The van der Waals surface area contributed by atoms with Crippen LogP contribution in [0.1, 0.15) is 0 Å². The van der Waals surface area contributed by atoms with E-state index in [9.17, 15) is 0 Å². The fraction of sp³-hybridized carbons (Fsp3) is 0. The lowest BCUT2D eigenvalue weighted by Gasteiger charge is -2.23. The van der Waals surface area contributed by atoms with E-state index < -0.39 is 0 Å². The predicted molar refractivity (Wildman–Crippen MR) is 305 cm³/mol. The van der Waals surface area contributed by atoms with E-state index in [-0.39, 0.29) is 0 Å². The molecule has 0 aliphatic heterocycles. The molecule has 2 aromatic heterocycles. The summed E-state index contributed by atoms with van der Waals surface area (Å²) in [6.07, 6.45) is 0. The normalized spacial score (nSPS) is 11.3. The monoisotopic (exact) mass is 929 g/mol. The van der Waals surface area contributed by atoms with E-state index in [0.29, 0.717) is 5.82 Å². The lowest BCUT2D eigenvalue weighted by molar-refractivity contribution is 1.17. The quantitative estimate of drug-likeness (QED) is 0.137. The summed E-state index contributed by atoms with van der Waals surface area (Å²) in [5, 5.41) is 2.38. The van der Waals surface area contributed by atoms with E-state index in [1.165, 1.54) is 21.9 Å². The first-order valence-electron chi connectivity index (χ1n) is 24.9. The maximum Gasteiger partial charge on any atom is 0.160 e. The maximum atomic E-state index is 5.44. The third-order valence-corrected chi connectivity index (χ3v) is 14.0. The van der Waals surface area contributed by atoms with Crippen LogP contribution in [0.15, 0.2) is 285 Å². The van der Waals surface area contributed by atoms with Crippen molar-refractivity contribution in [3.8, 4) is 106 Å². The van der Waals surface area contributed by atoms with Crippen LogP contribution in [0.5, 0.6) is 0 Å². The van der Waals surface area contributed by atoms with Crippen molar-refractivity contribution in [1.29, 1.82) is 0 Å². The van der Waals surface area contributed by atoms with Gasteiger partial charge in [0, 0.05) is 49.7 Å². The highest BCUT2D eigenvalue weighted by Gasteiger charge is 2.29. The fourth-order valence-corrected chi connectivity index (χ4v) is 10.7. The van der Waals surface area contributed by atoms with E-state index in [0.717, 1.165) is 100 Å². The molecular weight excluding hydrogens is 883 g/mol. The van der Waals surface area contributed by atoms with Gasteiger partial charge in [0.25, 0.3) is 0 Å². The molecule has 0 aliphatic carbocycles. The summed E-state index contributed by atoms with van der Waals surface area (Å²) in [7, 11) is 0. The topological polar surface area (TPSA) is 30.7 Å². The van der Waals surface area contributed by atoms with Crippen molar-refractivity contribution in [2.24, 2.45) is 0 Å². The second-order valence-corrected chi connectivity index (χ2v) is 18.4. The van der Waals surface area contributed by atoms with Gasteiger partial charge in [0.2, 0.25) is 0 Å². The standard InChI is InChI=1S/C70H47N3/c1-9-25-48(26-10-1)57-41-43-59(50-29-13-3-14-30-50)68-65(57)66-58(49-27-11-2-12-28-49)42-44-60(51-31-15-4-16-32-51)69(66)73(68)67-61(52-33-17-5-18-34-52)45-56(46-62(67)53-35-19-6-20-36-53)70-71-63(54-37-21-7-22-38-54)47-64(72-70)55-39-23-8-24-40-55/h1-47H. The minimum absolute atomic E-state index is 0.649. The molecule has 2 heterocycles. The Morgan fingerprint density at radius 3 is 0.795 bits per heavy atom. The zero-order valence-electron chi connectivity index (χ0n) is 40.0. The molecule has 0 aliphatic rings. The Hall–Kier alpha value is -9.70. The third kappa shape index (κ3) is 8.00. The fourth-order valence-electron chi connectivity index (χ4n) is 10.7. The Morgan fingerprint density at radius 1 is 0.219 bits per heavy atom. The van der Waals surface area contributed by atoms with Gasteiger partial charge in [-0.25, -0.2) is 9.97 Å². The molecule has 73 heavy (non-hydrogen) atoms. The average molecular weight is 930 g/mol. The molecule has 0 radical (unpaired) electrons. The van der Waals surface area contributed by atoms with Gasteiger partial charge in [-0.05, 0) is 62.7 Å². The Balaban J connectivity index is 1.26. The molecule has 0 spiro atoms. The molecule has 13 rings (SSSR count). The van der Waals surface area contributed by atoms with Crippen LogP contribution in [-0.2, 0) is 0 Å². The van der Waals surface area contributed by atoms with Gasteiger partial charge in [0.1, 0.15) is 0 Å². The first kappa shape index (κ1) is 43.3. The molecule has 3 nitrogen and oxygen atoms in total. The summed E-state index contributed by atoms with van der Waals surface area (Å²) in [5.41, 5.74) is 21.5. The molecule has 0 bridgehead atoms. The van der Waals surface area contributed by atoms with Crippen molar-refractivity contribution in [1.82, 2.24) is 14.5 Å². The van der Waals surface area contributed by atoms with Crippen molar-refractivity contribution >= 4 is 21.8 Å². The summed E-state index contributed by atoms with van der Waals surface area (Å²) >= 11 is 0. The van der Waals surface area contributed by atoms with Gasteiger partial charge in [-0.1, -0.05) is 267 Å². The van der Waals surface area contributed by atoms with E-state index in [1.807, 2.05) is 12.1 Å². The van der Waals surface area contributed by atoms with Gasteiger partial charge < -0.3 is 4.57 Å². The van der Waals surface area contributed by atoms with Gasteiger partial charge >= 0.3 is 0 Å². The second-order valence-electron chi connectivity index (χ2n) is 18.4. The van der Waals surface area contributed by atoms with Gasteiger partial charge in [-0.2, -0.15) is 0 Å². The molecule has 342 valence electrons. The molecule has 0 fully saturated rings. The Bertz CT molecular complexity index is 3810. The predicted octanol–water partition coefficient (Wildman–Crippen LogP) is 18.6. The van der Waals surface area contributed by atoms with Crippen molar-refractivity contribution < 1.29 is 0 Å².